The van der Waals surface area contributed by atoms with E-state index in [0.717, 1.165) is 17.2 Å². The van der Waals surface area contributed by atoms with Crippen LogP contribution in [0.5, 0.6) is 5.75 Å². The zero-order valence-corrected chi connectivity index (χ0v) is 10.8. The summed E-state index contributed by atoms with van der Waals surface area (Å²) < 4.78 is 32.0. The van der Waals surface area contributed by atoms with Crippen LogP contribution in [0.2, 0.25) is 0 Å². The van der Waals surface area contributed by atoms with Gasteiger partial charge in [-0.15, -0.1) is 0 Å². The molecule has 2 aromatic carbocycles. The quantitative estimate of drug-likeness (QED) is 0.921. The molecule has 0 bridgehead atoms. The van der Waals surface area contributed by atoms with Crippen LogP contribution in [0, 0.1) is 18.6 Å². The van der Waals surface area contributed by atoms with E-state index < -0.39 is 11.6 Å². The molecule has 0 saturated heterocycles. The van der Waals surface area contributed by atoms with Crippen LogP contribution in [0.4, 0.5) is 8.78 Å². The predicted octanol–water partition coefficient (Wildman–Crippen LogP) is 3.41. The number of halogens is 2. The fraction of sp³-hybridized carbons (Fsp3) is 0.200. The van der Waals surface area contributed by atoms with Gasteiger partial charge in [-0.05, 0) is 42.3 Å². The van der Waals surface area contributed by atoms with Crippen molar-refractivity contribution in [3.8, 4) is 16.9 Å². The highest BCUT2D eigenvalue weighted by Crippen LogP contribution is 2.31. The molecule has 0 atom stereocenters. The lowest BCUT2D eigenvalue weighted by Gasteiger charge is -2.13. The van der Waals surface area contributed by atoms with Gasteiger partial charge in [0.25, 0.3) is 0 Å². The number of benzene rings is 2. The van der Waals surface area contributed by atoms with E-state index in [2.05, 4.69) is 0 Å². The first-order valence-electron chi connectivity index (χ1n) is 5.89. The standard InChI is InChI=1S/C15H15F2NO/c1-9-5-10(6-11(8-18)15(9)19-2)13-4-3-12(16)7-14(13)17/h3-7H,8,18H2,1-2H3. The van der Waals surface area contributed by atoms with E-state index in [1.807, 2.05) is 6.92 Å². The molecule has 0 unspecified atom stereocenters. The first-order chi connectivity index (χ1) is 9.06. The summed E-state index contributed by atoms with van der Waals surface area (Å²) in [5.41, 5.74) is 8.34. The Hall–Kier alpha value is -1.94. The van der Waals surface area contributed by atoms with Crippen LogP contribution in [-0.4, -0.2) is 7.11 Å². The molecule has 4 heteroatoms. The van der Waals surface area contributed by atoms with E-state index in [-0.39, 0.29) is 0 Å². The highest BCUT2D eigenvalue weighted by Gasteiger charge is 2.12. The average molecular weight is 263 g/mol. The SMILES string of the molecule is COc1c(C)cc(-c2ccc(F)cc2F)cc1CN. The molecule has 0 heterocycles. The van der Waals surface area contributed by atoms with Gasteiger partial charge in [-0.2, -0.15) is 0 Å². The number of hydrogen-bond donors (Lipinski definition) is 1. The van der Waals surface area contributed by atoms with Crippen molar-refractivity contribution in [1.82, 2.24) is 0 Å². The van der Waals surface area contributed by atoms with Crippen LogP contribution < -0.4 is 10.5 Å². The van der Waals surface area contributed by atoms with E-state index in [0.29, 0.717) is 23.4 Å². The second-order valence-electron chi connectivity index (χ2n) is 4.31. The highest BCUT2D eigenvalue weighted by atomic mass is 19.1. The van der Waals surface area contributed by atoms with Crippen LogP contribution in [0.25, 0.3) is 11.1 Å². The van der Waals surface area contributed by atoms with Crippen molar-refractivity contribution in [2.75, 3.05) is 7.11 Å². The fourth-order valence-corrected chi connectivity index (χ4v) is 2.17. The monoisotopic (exact) mass is 263 g/mol. The third-order valence-corrected chi connectivity index (χ3v) is 3.02. The number of nitrogens with two attached hydrogens (primary N) is 1. The number of hydrogen-bond acceptors (Lipinski definition) is 2. The van der Waals surface area contributed by atoms with Crippen LogP contribution in [-0.2, 0) is 6.54 Å². The molecule has 2 N–H and O–H groups in total. The first-order valence-corrected chi connectivity index (χ1v) is 5.89. The van der Waals surface area contributed by atoms with Crippen LogP contribution in [0.15, 0.2) is 30.3 Å². The maximum Gasteiger partial charge on any atom is 0.133 e. The summed E-state index contributed by atoms with van der Waals surface area (Å²) in [6.07, 6.45) is 0. The van der Waals surface area contributed by atoms with Gasteiger partial charge in [0, 0.05) is 23.7 Å². The minimum absolute atomic E-state index is 0.292. The van der Waals surface area contributed by atoms with Gasteiger partial charge in [-0.3, -0.25) is 0 Å². The van der Waals surface area contributed by atoms with Crippen LogP contribution in [0.3, 0.4) is 0 Å². The Morgan fingerprint density at radius 2 is 1.89 bits per heavy atom. The molecule has 0 aliphatic heterocycles. The van der Waals surface area contributed by atoms with Crippen molar-refractivity contribution in [2.45, 2.75) is 13.5 Å². The Kier molecular flexibility index (Phi) is 3.81. The summed E-state index contributed by atoms with van der Waals surface area (Å²) in [7, 11) is 1.57. The van der Waals surface area contributed by atoms with Crippen LogP contribution >= 0.6 is 0 Å². The summed E-state index contributed by atoms with van der Waals surface area (Å²) >= 11 is 0. The lowest BCUT2D eigenvalue weighted by molar-refractivity contribution is 0.407. The Morgan fingerprint density at radius 3 is 2.47 bits per heavy atom. The maximum atomic E-state index is 13.8. The normalized spacial score (nSPS) is 10.6. The minimum Gasteiger partial charge on any atom is -0.496 e. The summed E-state index contributed by atoms with van der Waals surface area (Å²) in [4.78, 5) is 0. The topological polar surface area (TPSA) is 35.2 Å². The largest absolute Gasteiger partial charge is 0.496 e. The number of aryl methyl sites for hydroxylation is 1. The Bertz CT molecular complexity index is 611. The van der Waals surface area contributed by atoms with Crippen molar-refractivity contribution in [3.05, 3.63) is 53.1 Å². The van der Waals surface area contributed by atoms with Gasteiger partial charge in [0.1, 0.15) is 17.4 Å². The van der Waals surface area contributed by atoms with Crippen molar-refractivity contribution in [1.29, 1.82) is 0 Å². The lowest BCUT2D eigenvalue weighted by atomic mass is 9.98. The summed E-state index contributed by atoms with van der Waals surface area (Å²) in [5, 5.41) is 0. The molecule has 0 fully saturated rings. The average Bonchev–Trinajstić information content (AvgIpc) is 2.37. The molecular weight excluding hydrogens is 248 g/mol. The summed E-state index contributed by atoms with van der Waals surface area (Å²) in [6.45, 7) is 2.16. The molecule has 0 aliphatic rings. The summed E-state index contributed by atoms with van der Waals surface area (Å²) in [5.74, 6) is -0.480. The van der Waals surface area contributed by atoms with Crippen molar-refractivity contribution >= 4 is 0 Å². The number of ether oxygens (including phenoxy) is 1. The zero-order valence-electron chi connectivity index (χ0n) is 10.8. The second kappa shape index (κ2) is 5.36. The van der Waals surface area contributed by atoms with E-state index in [1.54, 1.807) is 19.2 Å². The molecule has 2 aromatic rings. The third-order valence-electron chi connectivity index (χ3n) is 3.02. The molecule has 19 heavy (non-hydrogen) atoms. The van der Waals surface area contributed by atoms with Gasteiger partial charge in [-0.1, -0.05) is 0 Å². The minimum atomic E-state index is -0.592. The Labute approximate surface area is 110 Å². The van der Waals surface area contributed by atoms with E-state index in [9.17, 15) is 8.78 Å². The number of rotatable bonds is 3. The van der Waals surface area contributed by atoms with Gasteiger partial charge in [0.15, 0.2) is 0 Å². The smallest absolute Gasteiger partial charge is 0.133 e. The first kappa shape index (κ1) is 13.5. The second-order valence-corrected chi connectivity index (χ2v) is 4.31. The molecule has 100 valence electrons. The van der Waals surface area contributed by atoms with Gasteiger partial charge in [-0.25, -0.2) is 8.78 Å². The molecule has 0 radical (unpaired) electrons. The molecule has 2 rings (SSSR count). The van der Waals surface area contributed by atoms with E-state index >= 15 is 0 Å². The highest BCUT2D eigenvalue weighted by molar-refractivity contribution is 5.68. The molecule has 0 amide bonds. The number of methoxy groups -OCH3 is 1. The molecule has 2 nitrogen and oxygen atoms in total. The molecule has 0 aliphatic carbocycles. The molecule has 0 saturated carbocycles. The zero-order chi connectivity index (χ0) is 14.0. The fourth-order valence-electron chi connectivity index (χ4n) is 2.17. The van der Waals surface area contributed by atoms with Crippen molar-refractivity contribution in [3.63, 3.8) is 0 Å². The van der Waals surface area contributed by atoms with E-state index in [4.69, 9.17) is 10.5 Å². The van der Waals surface area contributed by atoms with Crippen molar-refractivity contribution < 1.29 is 13.5 Å². The van der Waals surface area contributed by atoms with Gasteiger partial charge in [0.05, 0.1) is 7.11 Å². The molecule has 0 spiro atoms. The van der Waals surface area contributed by atoms with Crippen molar-refractivity contribution in [2.24, 2.45) is 5.73 Å². The molecule has 0 aromatic heterocycles. The van der Waals surface area contributed by atoms with Crippen LogP contribution in [0.1, 0.15) is 11.1 Å². The third kappa shape index (κ3) is 2.58. The van der Waals surface area contributed by atoms with E-state index in [1.165, 1.54) is 12.1 Å². The summed E-state index contributed by atoms with van der Waals surface area (Å²) in [6, 6.07) is 7.10. The van der Waals surface area contributed by atoms with Gasteiger partial charge < -0.3 is 10.5 Å². The maximum absolute atomic E-state index is 13.8. The Morgan fingerprint density at radius 1 is 1.16 bits per heavy atom. The lowest BCUT2D eigenvalue weighted by Crippen LogP contribution is -2.02. The Balaban J connectivity index is 2.60. The molecular formula is C15H15F2NO. The van der Waals surface area contributed by atoms with Gasteiger partial charge >= 0.3 is 0 Å². The predicted molar refractivity (Wildman–Crippen MR) is 71.0 cm³/mol. The van der Waals surface area contributed by atoms with Gasteiger partial charge in [0.2, 0.25) is 0 Å².